The van der Waals surface area contributed by atoms with Crippen LogP contribution in [-0.4, -0.2) is 31.5 Å². The Morgan fingerprint density at radius 2 is 1.04 bits per heavy atom. The summed E-state index contributed by atoms with van der Waals surface area (Å²) in [6, 6.07) is 27.9. The average Bonchev–Trinajstić information content (AvgIpc) is 3.71. The molecule has 0 saturated heterocycles. The fraction of sp³-hybridized carbons (Fsp3) is 0.273. The van der Waals surface area contributed by atoms with Crippen molar-refractivity contribution in [3.05, 3.63) is 132 Å². The van der Waals surface area contributed by atoms with Crippen molar-refractivity contribution in [1.82, 2.24) is 19.9 Å². The molecule has 4 aromatic heterocycles. The number of anilines is 4. The molecular formula is C44H46N6O2. The molecule has 2 atom stereocenters. The largest absolute Gasteiger partial charge is 0.356 e. The zero-order chi connectivity index (χ0) is 36.0. The topological polar surface area (TPSA) is 116 Å². The molecule has 8 heteroatoms. The summed E-state index contributed by atoms with van der Waals surface area (Å²) in [6.45, 7) is 6.60. The Kier molecular flexibility index (Phi) is 10.4. The van der Waals surface area contributed by atoms with Crippen LogP contribution in [0.15, 0.2) is 110 Å². The van der Waals surface area contributed by atoms with Gasteiger partial charge in [-0.05, 0) is 85.5 Å². The van der Waals surface area contributed by atoms with Crippen LogP contribution in [-0.2, 0) is 12.8 Å². The lowest BCUT2D eigenvalue weighted by atomic mass is 9.81. The summed E-state index contributed by atoms with van der Waals surface area (Å²) in [5.41, 5.74) is 11.5. The van der Waals surface area contributed by atoms with Crippen LogP contribution in [0.25, 0.3) is 22.5 Å². The molecule has 0 radical (unpaired) electrons. The first-order chi connectivity index (χ1) is 25.4. The minimum absolute atomic E-state index is 0.225. The van der Waals surface area contributed by atoms with Gasteiger partial charge in [-0.15, -0.1) is 0 Å². The third kappa shape index (κ3) is 7.61. The second-order valence-corrected chi connectivity index (χ2v) is 14.3. The zero-order valence-electron chi connectivity index (χ0n) is 30.1. The first-order valence-corrected chi connectivity index (χ1v) is 18.4. The number of para-hydroxylation sites is 2. The number of aromatic amines is 2. The molecule has 0 saturated carbocycles. The summed E-state index contributed by atoms with van der Waals surface area (Å²) < 4.78 is 0. The second-order valence-electron chi connectivity index (χ2n) is 14.3. The number of hydrogen-bond donors (Lipinski definition) is 4. The highest BCUT2D eigenvalue weighted by Gasteiger charge is 2.33. The van der Waals surface area contributed by atoms with E-state index in [0.717, 1.165) is 93.5 Å². The first kappa shape index (κ1) is 34.7. The summed E-state index contributed by atoms with van der Waals surface area (Å²) in [7, 11) is 0. The molecule has 0 aliphatic heterocycles. The van der Waals surface area contributed by atoms with E-state index < -0.39 is 0 Å². The van der Waals surface area contributed by atoms with E-state index in [1.165, 1.54) is 0 Å². The van der Waals surface area contributed by atoms with E-state index in [2.05, 4.69) is 51.3 Å². The Labute approximate surface area is 305 Å². The number of aromatic nitrogens is 4. The molecule has 0 bridgehead atoms. The van der Waals surface area contributed by atoms with Gasteiger partial charge in [-0.1, -0.05) is 63.6 Å². The average molecular weight is 691 g/mol. The standard InChI is InChI=1S/C23H25N3O.C21H21N3O/c1-15(2)12-16-13-19-21(20(27)14-16)23(25-18-6-4-3-5-7-18)22(26-19)17-8-10-24-11-9-17;1-2-14-12-17-19(18(25)13-14)21(23-16-6-4-3-5-7-16)20(24-17)15-8-10-22-11-9-15/h3-11,15-16,25-26H,12-14H2,1-2H3;3-11,14,23-24H,2,12-13H2,1H3. The number of hydrogen-bond acceptors (Lipinski definition) is 6. The number of nitrogens with one attached hydrogen (secondary N) is 4. The molecule has 4 heterocycles. The van der Waals surface area contributed by atoms with E-state index >= 15 is 0 Å². The van der Waals surface area contributed by atoms with Crippen molar-refractivity contribution in [2.45, 2.75) is 59.3 Å². The number of fused-ring (bicyclic) bond motifs is 2. The number of pyridine rings is 2. The minimum atomic E-state index is 0.225. The molecule has 8 rings (SSSR count). The van der Waals surface area contributed by atoms with E-state index in [1.807, 2.05) is 84.9 Å². The van der Waals surface area contributed by atoms with Crippen molar-refractivity contribution in [1.29, 1.82) is 0 Å². The molecule has 2 unspecified atom stereocenters. The number of ketones is 2. The van der Waals surface area contributed by atoms with Gasteiger partial charge < -0.3 is 20.6 Å². The van der Waals surface area contributed by atoms with E-state index in [-0.39, 0.29) is 11.6 Å². The highest BCUT2D eigenvalue weighted by Crippen LogP contribution is 2.42. The van der Waals surface area contributed by atoms with Crippen LogP contribution >= 0.6 is 0 Å². The number of carbonyl (C=O) groups is 2. The van der Waals surface area contributed by atoms with Crippen LogP contribution in [0.1, 0.15) is 78.6 Å². The molecule has 264 valence electrons. The molecule has 4 N–H and O–H groups in total. The Morgan fingerprint density at radius 3 is 1.46 bits per heavy atom. The Hall–Kier alpha value is -5.76. The van der Waals surface area contributed by atoms with Gasteiger partial charge in [-0.2, -0.15) is 0 Å². The molecule has 0 fully saturated rings. The molecule has 52 heavy (non-hydrogen) atoms. The lowest BCUT2D eigenvalue weighted by Crippen LogP contribution is -2.21. The maximum absolute atomic E-state index is 13.1. The van der Waals surface area contributed by atoms with Crippen molar-refractivity contribution in [3.8, 4) is 22.5 Å². The van der Waals surface area contributed by atoms with Crippen LogP contribution in [0, 0.1) is 17.8 Å². The van der Waals surface area contributed by atoms with Gasteiger partial charge in [0.25, 0.3) is 0 Å². The van der Waals surface area contributed by atoms with Crippen LogP contribution in [0.3, 0.4) is 0 Å². The normalized spacial score (nSPS) is 16.5. The van der Waals surface area contributed by atoms with Crippen LogP contribution in [0.4, 0.5) is 22.7 Å². The van der Waals surface area contributed by atoms with E-state index in [0.29, 0.717) is 30.6 Å². The Balaban J connectivity index is 0.000000162. The third-order valence-corrected chi connectivity index (χ3v) is 10.1. The fourth-order valence-corrected chi connectivity index (χ4v) is 7.65. The van der Waals surface area contributed by atoms with Crippen LogP contribution in [0.5, 0.6) is 0 Å². The lowest BCUT2D eigenvalue weighted by Gasteiger charge is -2.23. The molecule has 2 aliphatic rings. The molecular weight excluding hydrogens is 645 g/mol. The third-order valence-electron chi connectivity index (χ3n) is 10.1. The summed E-state index contributed by atoms with van der Waals surface area (Å²) in [5, 5.41) is 6.96. The van der Waals surface area contributed by atoms with Crippen molar-refractivity contribution in [2.75, 3.05) is 10.6 Å². The summed E-state index contributed by atoms with van der Waals surface area (Å²) in [5.74, 6) is 1.90. The van der Waals surface area contributed by atoms with Crippen molar-refractivity contribution >= 4 is 34.3 Å². The molecule has 0 spiro atoms. The maximum Gasteiger partial charge on any atom is 0.167 e. The van der Waals surface area contributed by atoms with Crippen LogP contribution in [0.2, 0.25) is 0 Å². The van der Waals surface area contributed by atoms with Crippen LogP contribution < -0.4 is 10.6 Å². The number of carbonyl (C=O) groups excluding carboxylic acids is 2. The lowest BCUT2D eigenvalue weighted by molar-refractivity contribution is 0.0936. The molecule has 2 aliphatic carbocycles. The van der Waals surface area contributed by atoms with Crippen molar-refractivity contribution in [2.24, 2.45) is 17.8 Å². The molecule has 2 aromatic carbocycles. The van der Waals surface area contributed by atoms with Crippen molar-refractivity contribution in [3.63, 3.8) is 0 Å². The second kappa shape index (κ2) is 15.6. The maximum atomic E-state index is 13.1. The number of H-pyrrole nitrogens is 2. The van der Waals surface area contributed by atoms with Gasteiger partial charge >= 0.3 is 0 Å². The summed E-state index contributed by atoms with van der Waals surface area (Å²) >= 11 is 0. The highest BCUT2D eigenvalue weighted by atomic mass is 16.1. The van der Waals surface area contributed by atoms with Gasteiger partial charge in [-0.25, -0.2) is 0 Å². The summed E-state index contributed by atoms with van der Waals surface area (Å²) in [6.07, 6.45) is 12.3. The molecule has 0 amide bonds. The van der Waals surface area contributed by atoms with Gasteiger partial charge in [-0.3, -0.25) is 19.6 Å². The quantitative estimate of drug-likeness (QED) is 0.120. The van der Waals surface area contributed by atoms with Crippen molar-refractivity contribution < 1.29 is 9.59 Å². The number of Topliss-reactive ketones (excluding diaryl/α,β-unsaturated/α-hetero) is 2. The summed E-state index contributed by atoms with van der Waals surface area (Å²) in [4.78, 5) is 41.2. The van der Waals surface area contributed by atoms with E-state index in [9.17, 15) is 9.59 Å². The predicted molar refractivity (Wildman–Crippen MR) is 210 cm³/mol. The van der Waals surface area contributed by atoms with Gasteiger partial charge in [0.1, 0.15) is 0 Å². The first-order valence-electron chi connectivity index (χ1n) is 18.4. The Morgan fingerprint density at radius 1 is 0.615 bits per heavy atom. The zero-order valence-corrected chi connectivity index (χ0v) is 30.1. The fourth-order valence-electron chi connectivity index (χ4n) is 7.65. The molecule has 8 nitrogen and oxygen atoms in total. The Bertz CT molecular complexity index is 2120. The smallest absolute Gasteiger partial charge is 0.167 e. The highest BCUT2D eigenvalue weighted by molar-refractivity contribution is 6.08. The van der Waals surface area contributed by atoms with Gasteiger partial charge in [0.05, 0.1) is 33.9 Å². The van der Waals surface area contributed by atoms with E-state index in [4.69, 9.17) is 0 Å². The van der Waals surface area contributed by atoms with Gasteiger partial charge in [0.2, 0.25) is 0 Å². The number of rotatable bonds is 9. The minimum Gasteiger partial charge on any atom is -0.356 e. The number of nitrogens with zero attached hydrogens (tertiary/aromatic N) is 2. The SMILES string of the molecule is CC(C)CC1CC(=O)c2c([nH]c(-c3ccncc3)c2Nc2ccccc2)C1.CCC1CC(=O)c2c([nH]c(-c3ccncc3)c2Nc2ccccc2)C1. The van der Waals surface area contributed by atoms with Gasteiger partial charge in [0, 0.05) is 71.5 Å². The van der Waals surface area contributed by atoms with Gasteiger partial charge in [0.15, 0.2) is 11.6 Å². The monoisotopic (exact) mass is 690 g/mol. The number of benzene rings is 2. The van der Waals surface area contributed by atoms with E-state index in [1.54, 1.807) is 24.8 Å². The molecule has 6 aromatic rings. The predicted octanol–water partition coefficient (Wildman–Crippen LogP) is 10.6.